The Kier molecular flexibility index (Phi) is 2.93. The Bertz CT molecular complexity index is 637. The maximum absolute atomic E-state index is 14.1. The maximum Gasteiger partial charge on any atom is 0.285 e. The lowest BCUT2D eigenvalue weighted by Crippen LogP contribution is -2.30. The van der Waals surface area contributed by atoms with Crippen LogP contribution >= 0.6 is 0 Å². The van der Waals surface area contributed by atoms with Crippen LogP contribution in [0.15, 0.2) is 21.4 Å². The van der Waals surface area contributed by atoms with Gasteiger partial charge in [0, 0.05) is 13.1 Å². The number of piperidine rings is 1. The third-order valence-electron chi connectivity index (χ3n) is 3.44. The average molecular weight is 283 g/mol. The van der Waals surface area contributed by atoms with E-state index in [-0.39, 0.29) is 4.90 Å². The Morgan fingerprint density at radius 3 is 2.68 bits per heavy atom. The Balaban J connectivity index is 2.06. The zero-order valence-electron chi connectivity index (χ0n) is 10.3. The standard InChI is InChI=1S/C12H14FN3O2S/c13-9-6-12-10(14-8-15-19(12,17)18)7-11(9)16-4-2-1-3-5-16/h6-8H,1-5H2,(H,14,15). The monoisotopic (exact) mass is 283 g/mol. The molecule has 2 heterocycles. The van der Waals surface area contributed by atoms with Gasteiger partial charge in [0.05, 0.1) is 11.4 Å². The fraction of sp³-hybridized carbons (Fsp3) is 0.417. The molecule has 1 aromatic rings. The lowest BCUT2D eigenvalue weighted by atomic mass is 10.1. The second kappa shape index (κ2) is 4.48. The van der Waals surface area contributed by atoms with Gasteiger partial charge >= 0.3 is 0 Å². The van der Waals surface area contributed by atoms with Gasteiger partial charge in [0.1, 0.15) is 17.1 Å². The van der Waals surface area contributed by atoms with E-state index in [0.29, 0.717) is 11.4 Å². The lowest BCUT2D eigenvalue weighted by Gasteiger charge is -2.30. The highest BCUT2D eigenvalue weighted by Gasteiger charge is 2.25. The fourth-order valence-electron chi connectivity index (χ4n) is 2.47. The van der Waals surface area contributed by atoms with Crippen LogP contribution in [0.1, 0.15) is 19.3 Å². The molecule has 0 aliphatic carbocycles. The van der Waals surface area contributed by atoms with Gasteiger partial charge in [-0.3, -0.25) is 0 Å². The first-order chi connectivity index (χ1) is 9.08. The predicted molar refractivity (Wildman–Crippen MR) is 71.8 cm³/mol. The Hall–Kier alpha value is -1.63. The van der Waals surface area contributed by atoms with Crippen molar-refractivity contribution in [3.05, 3.63) is 17.9 Å². The van der Waals surface area contributed by atoms with Crippen LogP contribution in [-0.4, -0.2) is 27.8 Å². The summed E-state index contributed by atoms with van der Waals surface area (Å²) in [5.74, 6) is -0.511. The fourth-order valence-corrected chi connectivity index (χ4v) is 3.42. The molecule has 5 nitrogen and oxygen atoms in total. The van der Waals surface area contributed by atoms with Crippen LogP contribution in [0.25, 0.3) is 0 Å². The SMILES string of the molecule is O=S1(=O)N=CNc2cc(N3CCCCC3)c(F)cc21. The molecule has 0 amide bonds. The zero-order chi connectivity index (χ0) is 13.5. The first-order valence-corrected chi connectivity index (χ1v) is 7.66. The lowest BCUT2D eigenvalue weighted by molar-refractivity contribution is 0.555. The van der Waals surface area contributed by atoms with Crippen molar-refractivity contribution in [1.82, 2.24) is 0 Å². The van der Waals surface area contributed by atoms with E-state index >= 15 is 0 Å². The van der Waals surface area contributed by atoms with Crippen molar-refractivity contribution in [2.45, 2.75) is 24.2 Å². The molecule has 0 radical (unpaired) electrons. The van der Waals surface area contributed by atoms with Crippen LogP contribution in [0.2, 0.25) is 0 Å². The highest BCUT2D eigenvalue weighted by atomic mass is 32.2. The summed E-state index contributed by atoms with van der Waals surface area (Å²) in [6, 6.07) is 2.61. The van der Waals surface area contributed by atoms with Crippen LogP contribution in [0.4, 0.5) is 15.8 Å². The van der Waals surface area contributed by atoms with Crippen molar-refractivity contribution in [2.75, 3.05) is 23.3 Å². The number of nitrogens with zero attached hydrogens (tertiary/aromatic N) is 2. The number of halogens is 1. The first kappa shape index (κ1) is 12.4. The van der Waals surface area contributed by atoms with Crippen molar-refractivity contribution < 1.29 is 12.8 Å². The zero-order valence-corrected chi connectivity index (χ0v) is 11.1. The van der Waals surface area contributed by atoms with Crippen LogP contribution in [0.3, 0.4) is 0 Å². The van der Waals surface area contributed by atoms with Crippen LogP contribution in [0, 0.1) is 5.82 Å². The third kappa shape index (κ3) is 2.18. The van der Waals surface area contributed by atoms with E-state index in [0.717, 1.165) is 44.8 Å². The molecule has 19 heavy (non-hydrogen) atoms. The average Bonchev–Trinajstić information content (AvgIpc) is 2.40. The molecule has 1 fully saturated rings. The molecule has 7 heteroatoms. The summed E-state index contributed by atoms with van der Waals surface area (Å²) in [6.07, 6.45) is 4.34. The van der Waals surface area contributed by atoms with E-state index in [9.17, 15) is 12.8 Å². The molecule has 1 saturated heterocycles. The topological polar surface area (TPSA) is 61.8 Å². The summed E-state index contributed by atoms with van der Waals surface area (Å²) >= 11 is 0. The summed E-state index contributed by atoms with van der Waals surface area (Å²) in [7, 11) is -3.76. The summed E-state index contributed by atoms with van der Waals surface area (Å²) in [6.45, 7) is 1.60. The van der Waals surface area contributed by atoms with E-state index in [2.05, 4.69) is 9.71 Å². The van der Waals surface area contributed by atoms with E-state index in [4.69, 9.17) is 0 Å². The van der Waals surface area contributed by atoms with Crippen LogP contribution in [0.5, 0.6) is 0 Å². The molecule has 0 spiro atoms. The molecular formula is C12H14FN3O2S. The minimum atomic E-state index is -3.76. The van der Waals surface area contributed by atoms with E-state index in [1.165, 1.54) is 0 Å². The van der Waals surface area contributed by atoms with E-state index in [1.807, 2.05) is 4.90 Å². The number of hydrogen-bond donors (Lipinski definition) is 1. The predicted octanol–water partition coefficient (Wildman–Crippen LogP) is 1.96. The molecule has 0 atom stereocenters. The van der Waals surface area contributed by atoms with E-state index in [1.54, 1.807) is 6.07 Å². The van der Waals surface area contributed by atoms with Gasteiger partial charge in [0.25, 0.3) is 10.0 Å². The van der Waals surface area contributed by atoms with Crippen molar-refractivity contribution >= 4 is 27.7 Å². The van der Waals surface area contributed by atoms with Gasteiger partial charge in [-0.15, -0.1) is 4.40 Å². The highest BCUT2D eigenvalue weighted by molar-refractivity contribution is 7.90. The molecule has 1 N–H and O–H groups in total. The number of hydrogen-bond acceptors (Lipinski definition) is 4. The molecular weight excluding hydrogens is 269 g/mol. The maximum atomic E-state index is 14.1. The van der Waals surface area contributed by atoms with Gasteiger partial charge in [-0.25, -0.2) is 4.39 Å². The molecule has 2 aliphatic rings. The Morgan fingerprint density at radius 2 is 1.95 bits per heavy atom. The summed E-state index contributed by atoms with van der Waals surface area (Å²) in [4.78, 5) is 1.85. The largest absolute Gasteiger partial charge is 0.369 e. The van der Waals surface area contributed by atoms with Gasteiger partial charge in [0.15, 0.2) is 0 Å². The first-order valence-electron chi connectivity index (χ1n) is 6.22. The Morgan fingerprint density at radius 1 is 1.21 bits per heavy atom. The van der Waals surface area contributed by atoms with Gasteiger partial charge in [0.2, 0.25) is 0 Å². The molecule has 0 aromatic heterocycles. The minimum absolute atomic E-state index is 0.103. The third-order valence-corrected chi connectivity index (χ3v) is 4.71. The molecule has 0 unspecified atom stereocenters. The smallest absolute Gasteiger partial charge is 0.285 e. The molecule has 3 rings (SSSR count). The number of anilines is 2. The number of nitrogens with one attached hydrogen (secondary N) is 1. The van der Waals surface area contributed by atoms with Gasteiger partial charge in [-0.05, 0) is 31.4 Å². The van der Waals surface area contributed by atoms with Gasteiger partial charge < -0.3 is 10.2 Å². The Labute approximate surface area is 111 Å². The van der Waals surface area contributed by atoms with Crippen molar-refractivity contribution in [3.8, 4) is 0 Å². The highest BCUT2D eigenvalue weighted by Crippen LogP contribution is 2.33. The molecule has 2 aliphatic heterocycles. The normalized spacial score (nSPS) is 20.8. The number of rotatable bonds is 1. The minimum Gasteiger partial charge on any atom is -0.369 e. The number of fused-ring (bicyclic) bond motifs is 1. The molecule has 102 valence electrons. The van der Waals surface area contributed by atoms with Crippen LogP contribution in [-0.2, 0) is 10.0 Å². The quantitative estimate of drug-likeness (QED) is 0.856. The van der Waals surface area contributed by atoms with Crippen molar-refractivity contribution in [1.29, 1.82) is 0 Å². The molecule has 0 bridgehead atoms. The number of benzene rings is 1. The molecule has 1 aromatic carbocycles. The summed E-state index contributed by atoms with van der Waals surface area (Å²) in [5.41, 5.74) is 0.841. The number of sulfonamides is 1. The van der Waals surface area contributed by atoms with Crippen LogP contribution < -0.4 is 10.2 Å². The van der Waals surface area contributed by atoms with Crippen molar-refractivity contribution in [2.24, 2.45) is 4.40 Å². The molecule has 0 saturated carbocycles. The summed E-state index contributed by atoms with van der Waals surface area (Å²) < 4.78 is 40.9. The second-order valence-corrected chi connectivity index (χ2v) is 6.30. The van der Waals surface area contributed by atoms with Gasteiger partial charge in [-0.1, -0.05) is 0 Å². The summed E-state index contributed by atoms with van der Waals surface area (Å²) in [5, 5.41) is 2.76. The van der Waals surface area contributed by atoms with Crippen molar-refractivity contribution in [3.63, 3.8) is 0 Å². The van der Waals surface area contributed by atoms with Gasteiger partial charge in [-0.2, -0.15) is 8.42 Å². The van der Waals surface area contributed by atoms with E-state index < -0.39 is 15.8 Å². The second-order valence-electron chi connectivity index (χ2n) is 4.70.